The summed E-state index contributed by atoms with van der Waals surface area (Å²) in [6.07, 6.45) is 0.999. The van der Waals surface area contributed by atoms with Gasteiger partial charge in [0.15, 0.2) is 0 Å². The number of thioether (sulfide) groups is 1. The number of fused-ring (bicyclic) bond motifs is 1. The van der Waals surface area contributed by atoms with Crippen LogP contribution < -0.4 is 10.6 Å². The fourth-order valence-electron chi connectivity index (χ4n) is 2.76. The lowest BCUT2D eigenvalue weighted by Gasteiger charge is -2.22. The third kappa shape index (κ3) is 3.87. The van der Waals surface area contributed by atoms with E-state index in [1.54, 1.807) is 12.1 Å². The first-order chi connectivity index (χ1) is 12.0. The van der Waals surface area contributed by atoms with Crippen LogP contribution in [-0.4, -0.2) is 17.1 Å². The highest BCUT2D eigenvalue weighted by atomic mass is 32.2. The molecule has 3 rings (SSSR count). The maximum atomic E-state index is 12.6. The molecule has 0 unspecified atom stereocenters. The third-order valence-corrected chi connectivity index (χ3v) is 5.59. The van der Waals surface area contributed by atoms with E-state index in [-0.39, 0.29) is 23.1 Å². The SMILES string of the molecule is CCc1ccc([C@H](C)NC(=O)c2ccc3c(c2)NC(=O)[C@H](C)S3)cc1. The van der Waals surface area contributed by atoms with Gasteiger partial charge in [-0.2, -0.15) is 0 Å². The molecule has 1 heterocycles. The van der Waals surface area contributed by atoms with Crippen molar-refractivity contribution < 1.29 is 9.59 Å². The highest BCUT2D eigenvalue weighted by Crippen LogP contribution is 2.36. The first-order valence-electron chi connectivity index (χ1n) is 8.49. The van der Waals surface area contributed by atoms with Gasteiger partial charge < -0.3 is 10.6 Å². The summed E-state index contributed by atoms with van der Waals surface area (Å²) in [5.74, 6) is -0.174. The van der Waals surface area contributed by atoms with Gasteiger partial charge in [0.2, 0.25) is 5.91 Å². The van der Waals surface area contributed by atoms with Crippen molar-refractivity contribution in [3.05, 3.63) is 59.2 Å². The second-order valence-corrected chi connectivity index (χ2v) is 7.63. The van der Waals surface area contributed by atoms with E-state index in [1.807, 2.05) is 19.9 Å². The van der Waals surface area contributed by atoms with E-state index in [0.717, 1.165) is 16.9 Å². The van der Waals surface area contributed by atoms with Crippen LogP contribution in [0.3, 0.4) is 0 Å². The van der Waals surface area contributed by atoms with E-state index in [2.05, 4.69) is 41.8 Å². The molecule has 1 aliphatic rings. The van der Waals surface area contributed by atoms with Crippen LogP contribution in [0.4, 0.5) is 5.69 Å². The molecule has 0 saturated carbocycles. The lowest BCUT2D eigenvalue weighted by molar-refractivity contribution is -0.115. The molecule has 130 valence electrons. The summed E-state index contributed by atoms with van der Waals surface area (Å²) in [7, 11) is 0. The van der Waals surface area contributed by atoms with E-state index < -0.39 is 0 Å². The van der Waals surface area contributed by atoms with Crippen molar-refractivity contribution in [1.82, 2.24) is 5.32 Å². The molecule has 2 atom stereocenters. The van der Waals surface area contributed by atoms with Gasteiger partial charge in [-0.25, -0.2) is 0 Å². The molecule has 0 saturated heterocycles. The summed E-state index contributed by atoms with van der Waals surface area (Å²) in [5.41, 5.74) is 3.60. The minimum absolute atomic E-state index is 0.0283. The maximum absolute atomic E-state index is 12.6. The van der Waals surface area contributed by atoms with Crippen molar-refractivity contribution in [3.63, 3.8) is 0 Å². The van der Waals surface area contributed by atoms with Crippen LogP contribution in [0, 0.1) is 0 Å². The second kappa shape index (κ2) is 7.31. The molecular weight excluding hydrogens is 332 g/mol. The molecule has 25 heavy (non-hydrogen) atoms. The van der Waals surface area contributed by atoms with E-state index in [1.165, 1.54) is 17.3 Å². The lowest BCUT2D eigenvalue weighted by Crippen LogP contribution is -2.28. The largest absolute Gasteiger partial charge is 0.346 e. The Labute approximate surface area is 152 Å². The summed E-state index contributed by atoms with van der Waals surface area (Å²) in [5, 5.41) is 5.77. The van der Waals surface area contributed by atoms with Gasteiger partial charge in [-0.1, -0.05) is 31.2 Å². The Bertz CT molecular complexity index is 802. The Morgan fingerprint density at radius 3 is 2.64 bits per heavy atom. The predicted molar refractivity (Wildman–Crippen MR) is 102 cm³/mol. The van der Waals surface area contributed by atoms with Crippen LogP contribution in [0.5, 0.6) is 0 Å². The van der Waals surface area contributed by atoms with E-state index >= 15 is 0 Å². The number of carbonyl (C=O) groups is 2. The molecule has 0 radical (unpaired) electrons. The van der Waals surface area contributed by atoms with Gasteiger partial charge in [-0.05, 0) is 49.6 Å². The van der Waals surface area contributed by atoms with Crippen LogP contribution in [0.2, 0.25) is 0 Å². The van der Waals surface area contributed by atoms with Crippen molar-refractivity contribution in [1.29, 1.82) is 0 Å². The molecule has 0 fully saturated rings. The number of amides is 2. The smallest absolute Gasteiger partial charge is 0.251 e. The first-order valence-corrected chi connectivity index (χ1v) is 9.37. The molecule has 4 nitrogen and oxygen atoms in total. The minimum Gasteiger partial charge on any atom is -0.346 e. The molecule has 2 aromatic carbocycles. The van der Waals surface area contributed by atoms with Crippen LogP contribution >= 0.6 is 11.8 Å². The molecule has 2 N–H and O–H groups in total. The van der Waals surface area contributed by atoms with Crippen LogP contribution in [0.1, 0.15) is 48.3 Å². The molecule has 0 aromatic heterocycles. The van der Waals surface area contributed by atoms with Crippen molar-refractivity contribution in [3.8, 4) is 0 Å². The average molecular weight is 354 g/mol. The van der Waals surface area contributed by atoms with Crippen LogP contribution in [0.25, 0.3) is 0 Å². The standard InChI is InChI=1S/C20H22N2O2S/c1-4-14-5-7-15(8-6-14)12(2)21-20(24)16-9-10-18-17(11-16)22-19(23)13(3)25-18/h5-13H,4H2,1-3H3,(H,21,24)(H,22,23)/t12-,13-/m0/s1. The Morgan fingerprint density at radius 2 is 1.96 bits per heavy atom. The van der Waals surface area contributed by atoms with Crippen molar-refractivity contribution >= 4 is 29.3 Å². The summed E-state index contributed by atoms with van der Waals surface area (Å²) in [6.45, 7) is 5.96. The normalized spacial score (nSPS) is 17.4. The molecule has 0 aliphatic carbocycles. The van der Waals surface area contributed by atoms with E-state index in [9.17, 15) is 9.59 Å². The van der Waals surface area contributed by atoms with Gasteiger partial charge >= 0.3 is 0 Å². The molecule has 0 bridgehead atoms. The Morgan fingerprint density at radius 1 is 1.24 bits per heavy atom. The Kier molecular flexibility index (Phi) is 5.13. The molecule has 2 amide bonds. The summed E-state index contributed by atoms with van der Waals surface area (Å²) >= 11 is 1.51. The minimum atomic E-state index is -0.146. The monoisotopic (exact) mass is 354 g/mol. The van der Waals surface area contributed by atoms with Gasteiger partial charge in [0.1, 0.15) is 0 Å². The van der Waals surface area contributed by atoms with Crippen molar-refractivity contribution in [2.75, 3.05) is 5.32 Å². The zero-order chi connectivity index (χ0) is 18.0. The van der Waals surface area contributed by atoms with Crippen molar-refractivity contribution in [2.24, 2.45) is 0 Å². The number of anilines is 1. The summed E-state index contributed by atoms with van der Waals surface area (Å²) in [4.78, 5) is 25.4. The van der Waals surface area contributed by atoms with Gasteiger partial charge in [-0.3, -0.25) is 9.59 Å². The third-order valence-electron chi connectivity index (χ3n) is 4.41. The number of aryl methyl sites for hydroxylation is 1. The van der Waals surface area contributed by atoms with Crippen LogP contribution in [-0.2, 0) is 11.2 Å². The average Bonchev–Trinajstić information content (AvgIpc) is 2.62. The molecule has 1 aliphatic heterocycles. The topological polar surface area (TPSA) is 58.2 Å². The summed E-state index contributed by atoms with van der Waals surface area (Å²) in [6, 6.07) is 13.6. The number of hydrogen-bond donors (Lipinski definition) is 2. The number of carbonyl (C=O) groups excluding carboxylic acids is 2. The van der Waals surface area contributed by atoms with E-state index in [0.29, 0.717) is 11.3 Å². The quantitative estimate of drug-likeness (QED) is 0.866. The zero-order valence-electron chi connectivity index (χ0n) is 14.6. The highest BCUT2D eigenvalue weighted by molar-refractivity contribution is 8.00. The summed E-state index contributed by atoms with van der Waals surface area (Å²) < 4.78 is 0. The fraction of sp³-hybridized carbons (Fsp3) is 0.300. The zero-order valence-corrected chi connectivity index (χ0v) is 15.4. The second-order valence-electron chi connectivity index (χ2n) is 6.25. The number of hydrogen-bond acceptors (Lipinski definition) is 3. The van der Waals surface area contributed by atoms with Crippen molar-refractivity contribution in [2.45, 2.75) is 43.4 Å². The predicted octanol–water partition coefficient (Wildman–Crippen LogP) is 4.17. The fourth-order valence-corrected chi connectivity index (χ4v) is 3.69. The first kappa shape index (κ1) is 17.5. The number of rotatable bonds is 4. The Balaban J connectivity index is 1.72. The molecule has 5 heteroatoms. The Hall–Kier alpha value is -2.27. The van der Waals surface area contributed by atoms with Gasteiger partial charge in [0, 0.05) is 10.5 Å². The van der Waals surface area contributed by atoms with Crippen LogP contribution in [0.15, 0.2) is 47.4 Å². The number of nitrogens with one attached hydrogen (secondary N) is 2. The van der Waals surface area contributed by atoms with Gasteiger partial charge in [0.05, 0.1) is 17.0 Å². The van der Waals surface area contributed by atoms with Gasteiger partial charge in [-0.15, -0.1) is 11.8 Å². The highest BCUT2D eigenvalue weighted by Gasteiger charge is 2.24. The number of benzene rings is 2. The molecular formula is C20H22N2O2S. The lowest BCUT2D eigenvalue weighted by atomic mass is 10.0. The molecule has 0 spiro atoms. The maximum Gasteiger partial charge on any atom is 0.251 e. The molecule has 2 aromatic rings. The van der Waals surface area contributed by atoms with E-state index in [4.69, 9.17) is 0 Å². The van der Waals surface area contributed by atoms with Gasteiger partial charge in [0.25, 0.3) is 5.91 Å².